The number of alkyl halides is 9. The van der Waals surface area contributed by atoms with Crippen LogP contribution >= 0.6 is 0 Å². The van der Waals surface area contributed by atoms with Gasteiger partial charge < -0.3 is 9.74 Å². The molecule has 0 unspecified atom stereocenters. The molecule has 0 saturated carbocycles. The van der Waals surface area contributed by atoms with Crippen LogP contribution in [-0.2, 0) is 38.5 Å². The SMILES string of the molecule is CC(C)c1nc2c(c(N(OC(=O)C(F)(F)F)c3ccc(S(=O)(=O)C(F)(F)F)cc3)n1)CCN(c1ncccc1C(F)(F)F)CC2. The van der Waals surface area contributed by atoms with Crippen molar-refractivity contribution in [3.05, 3.63) is 65.2 Å². The van der Waals surface area contributed by atoms with Gasteiger partial charge in [0, 0.05) is 37.2 Å². The second kappa shape index (κ2) is 12.0. The Morgan fingerprint density at radius 3 is 2.11 bits per heavy atom. The molecule has 0 saturated heterocycles. The van der Waals surface area contributed by atoms with Crippen molar-refractivity contribution < 1.29 is 57.6 Å². The predicted molar refractivity (Wildman–Crippen MR) is 139 cm³/mol. The number of halogens is 9. The number of fused-ring (bicyclic) bond motifs is 1. The third-order valence-electron chi connectivity index (χ3n) is 6.53. The third kappa shape index (κ3) is 7.07. The molecule has 1 aliphatic rings. The minimum atomic E-state index is -5.84. The van der Waals surface area contributed by atoms with Crippen molar-refractivity contribution in [1.29, 1.82) is 0 Å². The Hall–Kier alpha value is -4.16. The molecule has 0 fully saturated rings. The molecule has 2 aromatic heterocycles. The van der Waals surface area contributed by atoms with Gasteiger partial charge in [-0.05, 0) is 42.8 Å². The first-order chi connectivity index (χ1) is 20.7. The Labute approximate surface area is 249 Å². The number of sulfone groups is 1. The predicted octanol–water partition coefficient (Wildman–Crippen LogP) is 6.07. The summed E-state index contributed by atoms with van der Waals surface area (Å²) in [5.41, 5.74) is -6.97. The van der Waals surface area contributed by atoms with E-state index in [1.54, 1.807) is 13.8 Å². The van der Waals surface area contributed by atoms with E-state index >= 15 is 0 Å². The fourth-order valence-corrected chi connectivity index (χ4v) is 5.12. The highest BCUT2D eigenvalue weighted by Gasteiger charge is 2.47. The molecule has 19 heteroatoms. The minimum Gasteiger partial charge on any atom is -0.355 e. The lowest BCUT2D eigenvalue weighted by molar-refractivity contribution is -0.199. The van der Waals surface area contributed by atoms with E-state index in [-0.39, 0.29) is 48.1 Å². The number of aromatic nitrogens is 3. The van der Waals surface area contributed by atoms with Crippen molar-refractivity contribution >= 4 is 33.1 Å². The zero-order valence-corrected chi connectivity index (χ0v) is 23.9. The quantitative estimate of drug-likeness (QED) is 0.228. The molecular weight excluding hydrogens is 649 g/mol. The van der Waals surface area contributed by atoms with Crippen LogP contribution in [0.5, 0.6) is 0 Å². The third-order valence-corrected chi connectivity index (χ3v) is 8.03. The largest absolute Gasteiger partial charge is 0.501 e. The van der Waals surface area contributed by atoms with Crippen LogP contribution in [-0.4, -0.2) is 54.1 Å². The molecule has 0 bridgehead atoms. The Kier molecular flexibility index (Phi) is 8.98. The first-order valence-corrected chi connectivity index (χ1v) is 14.4. The molecule has 0 radical (unpaired) electrons. The summed E-state index contributed by atoms with van der Waals surface area (Å²) in [6.45, 7) is 3.02. The maximum Gasteiger partial charge on any atom is 0.501 e. The molecule has 3 heterocycles. The average molecular weight is 672 g/mol. The molecule has 45 heavy (non-hydrogen) atoms. The van der Waals surface area contributed by atoms with Gasteiger partial charge in [-0.15, -0.1) is 0 Å². The van der Waals surface area contributed by atoms with Gasteiger partial charge in [-0.2, -0.15) is 44.6 Å². The van der Waals surface area contributed by atoms with E-state index in [2.05, 4.69) is 19.8 Å². The van der Waals surface area contributed by atoms with Crippen LogP contribution in [0.1, 0.15) is 42.4 Å². The summed E-state index contributed by atoms with van der Waals surface area (Å²) in [6.07, 6.45) is -9.40. The zero-order chi connectivity index (χ0) is 33.5. The molecule has 1 aliphatic heterocycles. The van der Waals surface area contributed by atoms with Crippen LogP contribution < -0.4 is 9.96 Å². The summed E-state index contributed by atoms with van der Waals surface area (Å²) < 4.78 is 144. The van der Waals surface area contributed by atoms with E-state index in [0.29, 0.717) is 24.3 Å². The number of benzene rings is 1. The molecule has 9 nitrogen and oxygen atoms in total. The molecule has 0 N–H and O–H groups in total. The molecule has 244 valence electrons. The van der Waals surface area contributed by atoms with Gasteiger partial charge in [0.15, 0.2) is 5.82 Å². The molecule has 3 aromatic rings. The lowest BCUT2D eigenvalue weighted by Crippen LogP contribution is -2.34. The molecule has 0 amide bonds. The first kappa shape index (κ1) is 33.7. The van der Waals surface area contributed by atoms with Crippen molar-refractivity contribution in [3.8, 4) is 0 Å². The number of anilines is 3. The summed E-state index contributed by atoms with van der Waals surface area (Å²) >= 11 is 0. The second-order valence-electron chi connectivity index (χ2n) is 9.96. The van der Waals surface area contributed by atoms with Crippen LogP contribution in [0, 0.1) is 0 Å². The van der Waals surface area contributed by atoms with E-state index in [9.17, 15) is 52.7 Å². The lowest BCUT2D eigenvalue weighted by atomic mass is 10.1. The van der Waals surface area contributed by atoms with Crippen LogP contribution in [0.3, 0.4) is 0 Å². The van der Waals surface area contributed by atoms with E-state index in [0.717, 1.165) is 18.3 Å². The number of hydrogen-bond donors (Lipinski definition) is 0. The fraction of sp³-hybridized carbons (Fsp3) is 0.385. The highest BCUT2D eigenvalue weighted by atomic mass is 32.2. The maximum absolute atomic E-state index is 13.7. The molecule has 0 spiro atoms. The van der Waals surface area contributed by atoms with Gasteiger partial charge in [-0.25, -0.2) is 28.2 Å². The number of carbonyl (C=O) groups is 1. The van der Waals surface area contributed by atoms with E-state index < -0.39 is 67.4 Å². The van der Waals surface area contributed by atoms with Gasteiger partial charge in [0.2, 0.25) is 0 Å². The number of nitrogens with zero attached hydrogens (tertiary/aromatic N) is 5. The molecular formula is C26H22F9N5O4S. The van der Waals surface area contributed by atoms with Crippen LogP contribution in [0.4, 0.5) is 56.8 Å². The monoisotopic (exact) mass is 671 g/mol. The summed E-state index contributed by atoms with van der Waals surface area (Å²) in [4.78, 5) is 29.3. The zero-order valence-electron chi connectivity index (χ0n) is 23.1. The van der Waals surface area contributed by atoms with Gasteiger partial charge in [-0.3, -0.25) is 0 Å². The average Bonchev–Trinajstić information content (AvgIpc) is 3.16. The van der Waals surface area contributed by atoms with E-state index in [1.165, 1.54) is 4.90 Å². The Morgan fingerprint density at radius 1 is 0.933 bits per heavy atom. The van der Waals surface area contributed by atoms with Crippen molar-refractivity contribution in [2.75, 3.05) is 23.1 Å². The first-order valence-electron chi connectivity index (χ1n) is 12.9. The standard InChI is InChI=1S/C26H22F9N5O4S/c1-14(2)20-37-19-10-13-39(22-18(24(27,28)29)4-3-11-36-22)12-9-17(19)21(38-20)40(44-23(41)25(30,31)32)15-5-7-16(8-6-15)45(42,43)26(33,34)35/h3-8,11,14H,9-10,12-13H2,1-2H3. The summed E-state index contributed by atoms with van der Waals surface area (Å²) in [5.74, 6) is -4.03. The normalized spacial score (nSPS) is 14.6. The molecule has 1 aromatic carbocycles. The van der Waals surface area contributed by atoms with Crippen molar-refractivity contribution in [3.63, 3.8) is 0 Å². The van der Waals surface area contributed by atoms with Gasteiger partial charge in [0.1, 0.15) is 11.6 Å². The number of hydrogen-bond acceptors (Lipinski definition) is 9. The topological polar surface area (TPSA) is 106 Å². The molecule has 4 rings (SSSR count). The van der Waals surface area contributed by atoms with Crippen LogP contribution in [0.15, 0.2) is 47.5 Å². The molecule has 0 atom stereocenters. The van der Waals surface area contributed by atoms with Crippen molar-refractivity contribution in [2.24, 2.45) is 0 Å². The number of carbonyl (C=O) groups excluding carboxylic acids is 1. The highest BCUT2D eigenvalue weighted by Crippen LogP contribution is 2.38. The number of rotatable bonds is 6. The van der Waals surface area contributed by atoms with Gasteiger partial charge in [-0.1, -0.05) is 13.8 Å². The Morgan fingerprint density at radius 2 is 1.56 bits per heavy atom. The minimum absolute atomic E-state index is 0.0374. The van der Waals surface area contributed by atoms with E-state index in [1.807, 2.05) is 0 Å². The smallest absolute Gasteiger partial charge is 0.355 e. The van der Waals surface area contributed by atoms with Crippen LogP contribution in [0.2, 0.25) is 0 Å². The summed E-state index contributed by atoms with van der Waals surface area (Å²) in [6, 6.07) is 4.21. The fourth-order valence-electron chi connectivity index (χ4n) is 4.35. The highest BCUT2D eigenvalue weighted by molar-refractivity contribution is 7.92. The van der Waals surface area contributed by atoms with Crippen molar-refractivity contribution in [1.82, 2.24) is 15.0 Å². The Bertz CT molecular complexity index is 1680. The van der Waals surface area contributed by atoms with Gasteiger partial charge >= 0.3 is 23.8 Å². The Balaban J connectivity index is 1.84. The summed E-state index contributed by atoms with van der Waals surface area (Å²) in [5, 5.41) is 0.282. The maximum atomic E-state index is 13.7. The van der Waals surface area contributed by atoms with Gasteiger partial charge in [0.05, 0.1) is 21.8 Å². The lowest BCUT2D eigenvalue weighted by Gasteiger charge is -2.26. The van der Waals surface area contributed by atoms with Gasteiger partial charge in [0.25, 0.3) is 9.84 Å². The van der Waals surface area contributed by atoms with E-state index in [4.69, 9.17) is 0 Å². The number of pyridine rings is 1. The molecule has 0 aliphatic carbocycles. The van der Waals surface area contributed by atoms with Crippen molar-refractivity contribution in [2.45, 2.75) is 55.4 Å². The summed E-state index contributed by atoms with van der Waals surface area (Å²) in [7, 11) is -5.84. The van der Waals surface area contributed by atoms with Crippen LogP contribution in [0.25, 0.3) is 0 Å². The second-order valence-corrected chi connectivity index (χ2v) is 11.9.